The topological polar surface area (TPSA) is 98.8 Å². The molecule has 0 aliphatic rings. The van der Waals surface area contributed by atoms with Crippen molar-refractivity contribution in [1.29, 1.82) is 0 Å². The number of imidazole rings is 1. The van der Waals surface area contributed by atoms with E-state index in [2.05, 4.69) is 10.3 Å². The van der Waals surface area contributed by atoms with E-state index in [9.17, 15) is 14.9 Å². The molecule has 8 nitrogen and oxygen atoms in total. The molecule has 1 N–H and O–H groups in total. The third-order valence-electron chi connectivity index (χ3n) is 4.03. The number of nitrogens with zero attached hydrogens (tertiary/aromatic N) is 3. The Morgan fingerprint density at radius 2 is 2.12 bits per heavy atom. The van der Waals surface area contributed by atoms with Gasteiger partial charge in [-0.05, 0) is 31.0 Å². The van der Waals surface area contributed by atoms with Gasteiger partial charge in [-0.1, -0.05) is 13.0 Å². The highest BCUT2D eigenvalue weighted by molar-refractivity contribution is 6.05. The van der Waals surface area contributed by atoms with Gasteiger partial charge in [-0.15, -0.1) is 0 Å². The van der Waals surface area contributed by atoms with Gasteiger partial charge in [0.05, 0.1) is 23.4 Å². The summed E-state index contributed by atoms with van der Waals surface area (Å²) in [6.45, 7) is 3.84. The molecular weight excluding hydrogens is 336 g/mol. The molecule has 0 unspecified atom stereocenters. The molecule has 2 aromatic heterocycles. The number of anilines is 1. The maximum atomic E-state index is 12.9. The lowest BCUT2D eigenvalue weighted by Gasteiger charge is -2.11. The molecule has 2 heterocycles. The molecule has 26 heavy (non-hydrogen) atoms. The number of pyridine rings is 1. The van der Waals surface area contributed by atoms with Crippen molar-refractivity contribution in [3.8, 4) is 5.75 Å². The third kappa shape index (κ3) is 3.08. The van der Waals surface area contributed by atoms with Crippen molar-refractivity contribution >= 4 is 22.9 Å². The summed E-state index contributed by atoms with van der Waals surface area (Å²) in [4.78, 5) is 27.9. The van der Waals surface area contributed by atoms with Gasteiger partial charge in [0, 0.05) is 18.3 Å². The highest BCUT2D eigenvalue weighted by atomic mass is 16.6. The number of nitro groups is 1. The fourth-order valence-electron chi connectivity index (χ4n) is 2.78. The van der Waals surface area contributed by atoms with Gasteiger partial charge in [-0.25, -0.2) is 4.98 Å². The number of ether oxygens (including phenoxy) is 1. The second kappa shape index (κ2) is 6.83. The lowest BCUT2D eigenvalue weighted by Crippen LogP contribution is -2.17. The molecule has 134 valence electrons. The lowest BCUT2D eigenvalue weighted by atomic mass is 10.2. The molecule has 0 saturated heterocycles. The summed E-state index contributed by atoms with van der Waals surface area (Å²) >= 11 is 0. The van der Waals surface area contributed by atoms with Crippen molar-refractivity contribution in [1.82, 2.24) is 9.38 Å². The van der Waals surface area contributed by atoms with Crippen LogP contribution in [0.25, 0.3) is 5.65 Å². The summed E-state index contributed by atoms with van der Waals surface area (Å²) < 4.78 is 6.93. The van der Waals surface area contributed by atoms with Crippen LogP contribution in [0, 0.1) is 17.0 Å². The minimum Gasteiger partial charge on any atom is -0.495 e. The Morgan fingerprint density at radius 3 is 2.77 bits per heavy atom. The van der Waals surface area contributed by atoms with Crippen molar-refractivity contribution < 1.29 is 14.5 Å². The summed E-state index contributed by atoms with van der Waals surface area (Å²) in [7, 11) is 1.44. The largest absolute Gasteiger partial charge is 0.495 e. The van der Waals surface area contributed by atoms with E-state index >= 15 is 0 Å². The zero-order valence-electron chi connectivity index (χ0n) is 14.6. The SMILES string of the molecule is CCc1nc2ccc(C)cn2c1C(=O)Nc1cc([N+](=O)[O-])ccc1OC. The third-order valence-corrected chi connectivity index (χ3v) is 4.03. The van der Waals surface area contributed by atoms with Crippen LogP contribution in [-0.2, 0) is 6.42 Å². The Morgan fingerprint density at radius 1 is 1.35 bits per heavy atom. The summed E-state index contributed by atoms with van der Waals surface area (Å²) in [6, 6.07) is 7.82. The van der Waals surface area contributed by atoms with Gasteiger partial charge in [-0.2, -0.15) is 0 Å². The molecule has 0 aliphatic carbocycles. The van der Waals surface area contributed by atoms with Crippen LogP contribution in [0.5, 0.6) is 5.75 Å². The predicted octanol–water partition coefficient (Wildman–Crippen LogP) is 3.37. The van der Waals surface area contributed by atoms with Gasteiger partial charge in [0.1, 0.15) is 17.1 Å². The van der Waals surface area contributed by atoms with Crippen LogP contribution < -0.4 is 10.1 Å². The average molecular weight is 354 g/mol. The first-order valence-corrected chi connectivity index (χ1v) is 8.06. The van der Waals surface area contributed by atoms with E-state index in [1.54, 1.807) is 4.40 Å². The fraction of sp³-hybridized carbons (Fsp3) is 0.222. The Hall–Kier alpha value is -3.42. The van der Waals surface area contributed by atoms with Crippen molar-refractivity contribution in [2.75, 3.05) is 12.4 Å². The van der Waals surface area contributed by atoms with Gasteiger partial charge in [0.25, 0.3) is 11.6 Å². The van der Waals surface area contributed by atoms with Crippen LogP contribution in [0.15, 0.2) is 36.5 Å². The minimum atomic E-state index is -0.524. The monoisotopic (exact) mass is 354 g/mol. The Balaban J connectivity index is 2.06. The summed E-state index contributed by atoms with van der Waals surface area (Å²) in [5, 5.41) is 13.7. The van der Waals surface area contributed by atoms with E-state index in [1.165, 1.54) is 25.3 Å². The highest BCUT2D eigenvalue weighted by Crippen LogP contribution is 2.29. The van der Waals surface area contributed by atoms with Crippen molar-refractivity contribution in [3.63, 3.8) is 0 Å². The molecule has 3 aromatic rings. The molecule has 0 atom stereocenters. The first-order chi connectivity index (χ1) is 12.4. The number of non-ortho nitro benzene ring substituents is 1. The van der Waals surface area contributed by atoms with E-state index in [4.69, 9.17) is 4.74 Å². The standard InChI is InChI=1S/C18H18N4O4/c1-4-13-17(21-10-11(2)5-8-16(21)19-13)18(23)20-14-9-12(22(24)25)6-7-15(14)26-3/h5-10H,4H2,1-3H3,(H,20,23). The van der Waals surface area contributed by atoms with Crippen LogP contribution >= 0.6 is 0 Å². The summed E-state index contributed by atoms with van der Waals surface area (Å²) in [5.41, 5.74) is 2.81. The molecule has 0 saturated carbocycles. The maximum Gasteiger partial charge on any atom is 0.274 e. The van der Waals surface area contributed by atoms with E-state index in [0.717, 1.165) is 5.56 Å². The predicted molar refractivity (Wildman–Crippen MR) is 96.9 cm³/mol. The van der Waals surface area contributed by atoms with E-state index in [1.807, 2.05) is 32.2 Å². The molecule has 8 heteroatoms. The minimum absolute atomic E-state index is 0.134. The molecule has 3 rings (SSSR count). The molecular formula is C18H18N4O4. The number of carbonyl (C=O) groups excluding carboxylic acids is 1. The molecule has 1 amide bonds. The molecule has 0 fully saturated rings. The van der Waals surface area contributed by atoms with Crippen LogP contribution in [0.2, 0.25) is 0 Å². The lowest BCUT2D eigenvalue weighted by molar-refractivity contribution is -0.384. The van der Waals surface area contributed by atoms with E-state index in [-0.39, 0.29) is 11.4 Å². The molecule has 0 bridgehead atoms. The maximum absolute atomic E-state index is 12.9. The molecule has 0 radical (unpaired) electrons. The molecule has 0 spiro atoms. The van der Waals surface area contributed by atoms with Gasteiger partial charge >= 0.3 is 0 Å². The number of methoxy groups -OCH3 is 1. The Kier molecular flexibility index (Phi) is 4.57. The number of hydrogen-bond acceptors (Lipinski definition) is 5. The van der Waals surface area contributed by atoms with Crippen LogP contribution in [0.3, 0.4) is 0 Å². The van der Waals surface area contributed by atoms with Crippen LogP contribution in [0.1, 0.15) is 28.7 Å². The van der Waals surface area contributed by atoms with Gasteiger partial charge in [0.15, 0.2) is 0 Å². The Labute approximate surface area is 149 Å². The summed E-state index contributed by atoms with van der Waals surface area (Å²) in [5.74, 6) is -0.0641. The number of aryl methyl sites for hydroxylation is 2. The molecule has 0 aliphatic heterocycles. The molecule has 1 aromatic carbocycles. The number of nitrogens with one attached hydrogen (secondary N) is 1. The first kappa shape index (κ1) is 17.4. The zero-order chi connectivity index (χ0) is 18.8. The van der Waals surface area contributed by atoms with Crippen molar-refractivity contribution in [2.45, 2.75) is 20.3 Å². The highest BCUT2D eigenvalue weighted by Gasteiger charge is 2.21. The quantitative estimate of drug-likeness (QED) is 0.559. The zero-order valence-corrected chi connectivity index (χ0v) is 14.6. The number of rotatable bonds is 5. The van der Waals surface area contributed by atoms with Crippen molar-refractivity contribution in [3.05, 3.63) is 63.6 Å². The van der Waals surface area contributed by atoms with E-state index < -0.39 is 10.8 Å². The fourth-order valence-corrected chi connectivity index (χ4v) is 2.78. The van der Waals surface area contributed by atoms with Gasteiger partial charge < -0.3 is 10.1 Å². The average Bonchev–Trinajstić information content (AvgIpc) is 2.99. The van der Waals surface area contributed by atoms with E-state index in [0.29, 0.717) is 29.2 Å². The first-order valence-electron chi connectivity index (χ1n) is 8.06. The number of benzene rings is 1. The second-order valence-electron chi connectivity index (χ2n) is 5.79. The smallest absolute Gasteiger partial charge is 0.274 e. The van der Waals surface area contributed by atoms with Crippen LogP contribution in [-0.4, -0.2) is 27.3 Å². The van der Waals surface area contributed by atoms with Gasteiger partial charge in [-0.3, -0.25) is 19.3 Å². The second-order valence-corrected chi connectivity index (χ2v) is 5.79. The number of carbonyl (C=O) groups is 1. The normalized spacial score (nSPS) is 10.7. The Bertz CT molecular complexity index is 1010. The summed E-state index contributed by atoms with van der Waals surface area (Å²) in [6.07, 6.45) is 2.41. The number of fused-ring (bicyclic) bond motifs is 1. The van der Waals surface area contributed by atoms with Crippen LogP contribution in [0.4, 0.5) is 11.4 Å². The number of nitro benzene ring substituents is 1. The number of amides is 1. The number of hydrogen-bond donors (Lipinski definition) is 1. The van der Waals surface area contributed by atoms with Gasteiger partial charge in [0.2, 0.25) is 0 Å². The van der Waals surface area contributed by atoms with Crippen molar-refractivity contribution in [2.24, 2.45) is 0 Å². The number of aromatic nitrogens is 2.